The molecular weight excluding hydrogens is 439 g/mol. The van der Waals surface area contributed by atoms with Crippen molar-refractivity contribution in [3.05, 3.63) is 114 Å². The van der Waals surface area contributed by atoms with Gasteiger partial charge in [0.1, 0.15) is 5.82 Å². The van der Waals surface area contributed by atoms with Crippen LogP contribution in [0.2, 0.25) is 0 Å². The molecule has 0 aromatic heterocycles. The third kappa shape index (κ3) is 5.56. The summed E-state index contributed by atoms with van der Waals surface area (Å²) in [5.41, 5.74) is 2.52. The van der Waals surface area contributed by atoms with E-state index in [0.29, 0.717) is 6.42 Å². The monoisotopic (exact) mass is 462 g/mol. The van der Waals surface area contributed by atoms with E-state index in [1.54, 1.807) is 24.3 Å². The Morgan fingerprint density at radius 1 is 0.879 bits per heavy atom. The molecule has 0 heterocycles. The van der Waals surface area contributed by atoms with Crippen LogP contribution in [0.4, 0.5) is 9.18 Å². The van der Waals surface area contributed by atoms with Crippen molar-refractivity contribution in [3.63, 3.8) is 0 Å². The molecular formula is C26H23FN2O3S. The fourth-order valence-electron chi connectivity index (χ4n) is 3.62. The summed E-state index contributed by atoms with van der Waals surface area (Å²) in [7, 11) is -4.03. The van der Waals surface area contributed by atoms with Gasteiger partial charge in [0.05, 0.1) is 10.9 Å². The van der Waals surface area contributed by atoms with Crippen LogP contribution in [-0.2, 0) is 16.4 Å². The molecule has 4 aromatic rings. The van der Waals surface area contributed by atoms with Gasteiger partial charge < -0.3 is 5.32 Å². The highest BCUT2D eigenvalue weighted by Crippen LogP contribution is 2.24. The number of fused-ring (bicyclic) bond motifs is 1. The van der Waals surface area contributed by atoms with E-state index in [9.17, 15) is 17.6 Å². The zero-order valence-corrected chi connectivity index (χ0v) is 18.8. The molecule has 0 aliphatic carbocycles. The minimum absolute atomic E-state index is 0.00374. The molecule has 33 heavy (non-hydrogen) atoms. The van der Waals surface area contributed by atoms with Crippen molar-refractivity contribution >= 4 is 26.8 Å². The lowest BCUT2D eigenvalue weighted by molar-refractivity contribution is 0.242. The first-order valence-electron chi connectivity index (χ1n) is 10.4. The number of urea groups is 1. The maximum Gasteiger partial charge on any atom is 0.329 e. The van der Waals surface area contributed by atoms with E-state index in [2.05, 4.69) is 10.0 Å². The zero-order chi connectivity index (χ0) is 23.4. The first-order valence-corrected chi connectivity index (χ1v) is 11.9. The molecule has 2 N–H and O–H groups in total. The molecule has 2 amide bonds. The van der Waals surface area contributed by atoms with Gasteiger partial charge in [-0.05, 0) is 65.6 Å². The van der Waals surface area contributed by atoms with Gasteiger partial charge in [0, 0.05) is 0 Å². The summed E-state index contributed by atoms with van der Waals surface area (Å²) in [6.45, 7) is 1.85. The molecule has 0 spiro atoms. The van der Waals surface area contributed by atoms with E-state index >= 15 is 0 Å². The molecule has 0 radical (unpaired) electrons. The predicted octanol–water partition coefficient (Wildman–Crippen LogP) is 5.26. The Bertz CT molecular complexity index is 1390. The van der Waals surface area contributed by atoms with Crippen LogP contribution in [0.5, 0.6) is 0 Å². The number of carbonyl (C=O) groups excluding carboxylic acids is 1. The number of halogens is 1. The van der Waals surface area contributed by atoms with Gasteiger partial charge >= 0.3 is 6.03 Å². The third-order valence-corrected chi connectivity index (χ3v) is 6.74. The molecule has 168 valence electrons. The molecule has 5 nitrogen and oxygen atoms in total. The van der Waals surface area contributed by atoms with Crippen molar-refractivity contribution in [1.29, 1.82) is 0 Å². The second kappa shape index (κ2) is 9.42. The van der Waals surface area contributed by atoms with Crippen LogP contribution in [0.3, 0.4) is 0 Å². The van der Waals surface area contributed by atoms with E-state index in [1.165, 1.54) is 24.3 Å². The fourth-order valence-corrected chi connectivity index (χ4v) is 4.53. The lowest BCUT2D eigenvalue weighted by Crippen LogP contribution is -2.41. The molecule has 0 saturated heterocycles. The van der Waals surface area contributed by atoms with Gasteiger partial charge in [-0.15, -0.1) is 0 Å². The van der Waals surface area contributed by atoms with Crippen LogP contribution in [0, 0.1) is 12.7 Å². The largest absolute Gasteiger partial charge is 0.330 e. The Hall–Kier alpha value is -3.71. The number of nitrogens with one attached hydrogen (secondary N) is 2. The van der Waals surface area contributed by atoms with Gasteiger partial charge in [0.25, 0.3) is 10.0 Å². The smallest absolute Gasteiger partial charge is 0.329 e. The van der Waals surface area contributed by atoms with Crippen LogP contribution < -0.4 is 10.0 Å². The summed E-state index contributed by atoms with van der Waals surface area (Å²) in [4.78, 5) is 12.7. The Balaban J connectivity index is 1.60. The second-order valence-corrected chi connectivity index (χ2v) is 9.56. The summed E-state index contributed by atoms with van der Waals surface area (Å²) < 4.78 is 40.7. The summed E-state index contributed by atoms with van der Waals surface area (Å²) in [5.74, 6) is -0.351. The average Bonchev–Trinajstić information content (AvgIpc) is 2.79. The van der Waals surface area contributed by atoms with Crippen molar-refractivity contribution in [2.75, 3.05) is 0 Å². The van der Waals surface area contributed by atoms with Crippen LogP contribution in [0.1, 0.15) is 22.7 Å². The van der Waals surface area contributed by atoms with Crippen LogP contribution in [0.25, 0.3) is 10.8 Å². The van der Waals surface area contributed by atoms with Gasteiger partial charge in [-0.2, -0.15) is 0 Å². The van der Waals surface area contributed by atoms with E-state index in [-0.39, 0.29) is 10.7 Å². The molecule has 1 unspecified atom stereocenters. The second-order valence-electron chi connectivity index (χ2n) is 7.88. The maximum absolute atomic E-state index is 13.4. The summed E-state index contributed by atoms with van der Waals surface area (Å²) in [6, 6.07) is 24.5. The summed E-state index contributed by atoms with van der Waals surface area (Å²) in [6.07, 6.45) is 0.358. The normalized spacial score (nSPS) is 12.3. The molecule has 0 bridgehead atoms. The highest BCUT2D eigenvalue weighted by Gasteiger charge is 2.21. The number of amides is 2. The highest BCUT2D eigenvalue weighted by molar-refractivity contribution is 7.90. The van der Waals surface area contributed by atoms with Crippen molar-refractivity contribution < 1.29 is 17.6 Å². The topological polar surface area (TPSA) is 75.3 Å². The number of rotatable bonds is 6. The quantitative estimate of drug-likeness (QED) is 0.410. The van der Waals surface area contributed by atoms with Crippen molar-refractivity contribution in [2.45, 2.75) is 24.3 Å². The predicted molar refractivity (Wildman–Crippen MR) is 127 cm³/mol. The fraction of sp³-hybridized carbons (Fsp3) is 0.115. The number of benzene rings is 4. The van der Waals surface area contributed by atoms with E-state index in [4.69, 9.17) is 0 Å². The summed E-state index contributed by atoms with van der Waals surface area (Å²) >= 11 is 0. The highest BCUT2D eigenvalue weighted by atomic mass is 32.2. The molecule has 0 fully saturated rings. The molecule has 4 aromatic carbocycles. The molecule has 7 heteroatoms. The van der Waals surface area contributed by atoms with Crippen LogP contribution in [0.15, 0.2) is 95.9 Å². The number of carbonyl (C=O) groups is 1. The van der Waals surface area contributed by atoms with Gasteiger partial charge in [0.15, 0.2) is 0 Å². The third-order valence-electron chi connectivity index (χ3n) is 5.39. The zero-order valence-electron chi connectivity index (χ0n) is 18.0. The molecule has 0 aliphatic heterocycles. The number of hydrogen-bond acceptors (Lipinski definition) is 3. The van der Waals surface area contributed by atoms with Crippen LogP contribution in [-0.4, -0.2) is 14.4 Å². The van der Waals surface area contributed by atoms with Crippen molar-refractivity contribution in [2.24, 2.45) is 0 Å². The summed E-state index contributed by atoms with van der Waals surface area (Å²) in [5, 5.41) is 4.82. The Labute approximate surface area is 192 Å². The van der Waals surface area contributed by atoms with Gasteiger partial charge in [-0.3, -0.25) is 0 Å². The standard InChI is InChI=1S/C26H23FN2O3S/c1-18-6-14-24(15-7-18)33(31,32)29-26(30)28-25(16-19-8-12-23(27)13-9-19)22-11-10-20-4-2-3-5-21(20)17-22/h2-15,17,25H,16H2,1H3,(H2,28,29,30). The number of hydrogen-bond donors (Lipinski definition) is 2. The first-order chi connectivity index (χ1) is 15.8. The molecule has 1 atom stereocenters. The van der Waals surface area contributed by atoms with Gasteiger partial charge in [-0.1, -0.05) is 66.2 Å². The average molecular weight is 463 g/mol. The van der Waals surface area contributed by atoms with Gasteiger partial charge in [-0.25, -0.2) is 22.3 Å². The molecule has 0 aliphatic rings. The molecule has 4 rings (SSSR count). The first kappa shape index (κ1) is 22.5. The molecule has 0 saturated carbocycles. The lowest BCUT2D eigenvalue weighted by atomic mass is 9.96. The Morgan fingerprint density at radius 2 is 1.55 bits per heavy atom. The van der Waals surface area contributed by atoms with Gasteiger partial charge in [0.2, 0.25) is 0 Å². The Morgan fingerprint density at radius 3 is 2.24 bits per heavy atom. The minimum atomic E-state index is -4.03. The SMILES string of the molecule is Cc1ccc(S(=O)(=O)NC(=O)NC(Cc2ccc(F)cc2)c2ccc3ccccc3c2)cc1. The van der Waals surface area contributed by atoms with E-state index in [0.717, 1.165) is 27.5 Å². The Kier molecular flexibility index (Phi) is 6.42. The lowest BCUT2D eigenvalue weighted by Gasteiger charge is -2.20. The number of sulfonamides is 1. The van der Waals surface area contributed by atoms with E-state index < -0.39 is 22.1 Å². The van der Waals surface area contributed by atoms with E-state index in [1.807, 2.05) is 49.4 Å². The van der Waals surface area contributed by atoms with Crippen molar-refractivity contribution in [3.8, 4) is 0 Å². The number of aryl methyl sites for hydroxylation is 1. The van der Waals surface area contributed by atoms with Crippen molar-refractivity contribution in [1.82, 2.24) is 10.0 Å². The van der Waals surface area contributed by atoms with Crippen LogP contribution >= 0.6 is 0 Å². The maximum atomic E-state index is 13.4. The minimum Gasteiger partial charge on any atom is -0.330 e.